The second-order valence-corrected chi connectivity index (χ2v) is 11.8. The van der Waals surface area contributed by atoms with Crippen LogP contribution in [0.4, 0.5) is 0 Å². The van der Waals surface area contributed by atoms with Crippen molar-refractivity contribution in [3.05, 3.63) is 138 Å². The Balaban J connectivity index is 1.42. The smallest absolute Gasteiger partial charge is 0.220 e. The average molecular weight is 527 g/mol. The number of sulfone groups is 1. The quantitative estimate of drug-likeness (QED) is 0.175. The summed E-state index contributed by atoms with van der Waals surface area (Å²) in [7, 11) is -3.69. The van der Waals surface area contributed by atoms with Crippen molar-refractivity contribution in [2.75, 3.05) is 11.5 Å². The molecule has 0 amide bonds. The van der Waals surface area contributed by atoms with Crippen LogP contribution in [0, 0.1) is 0 Å². The SMILES string of the molecule is O=S(=O)(CCCSC(c1ccccc1)(c1ccccc1)c1ccccc1)c1nnnn1-c1ccccc1. The van der Waals surface area contributed by atoms with Crippen molar-refractivity contribution in [2.24, 2.45) is 0 Å². The van der Waals surface area contributed by atoms with Crippen LogP contribution >= 0.6 is 11.8 Å². The fraction of sp³-hybridized carbons (Fsp3) is 0.138. The zero-order valence-electron chi connectivity index (χ0n) is 20.1. The Kier molecular flexibility index (Phi) is 7.48. The van der Waals surface area contributed by atoms with Gasteiger partial charge in [-0.1, -0.05) is 114 Å². The third kappa shape index (κ3) is 5.21. The predicted molar refractivity (Wildman–Crippen MR) is 147 cm³/mol. The molecule has 37 heavy (non-hydrogen) atoms. The molecule has 0 unspecified atom stereocenters. The Bertz CT molecular complexity index is 1430. The average Bonchev–Trinajstić information content (AvgIpc) is 3.47. The maximum atomic E-state index is 13.2. The van der Waals surface area contributed by atoms with Gasteiger partial charge in [-0.25, -0.2) is 8.42 Å². The monoisotopic (exact) mass is 526 g/mol. The maximum absolute atomic E-state index is 13.2. The van der Waals surface area contributed by atoms with Crippen molar-refractivity contribution in [2.45, 2.75) is 16.3 Å². The third-order valence-electron chi connectivity index (χ3n) is 6.14. The number of aromatic nitrogens is 4. The van der Waals surface area contributed by atoms with E-state index in [-0.39, 0.29) is 10.9 Å². The molecular weight excluding hydrogens is 500 g/mol. The van der Waals surface area contributed by atoms with Gasteiger partial charge in [0.2, 0.25) is 9.84 Å². The fourth-order valence-electron chi connectivity index (χ4n) is 4.44. The fourth-order valence-corrected chi connectivity index (χ4v) is 7.40. The van der Waals surface area contributed by atoms with E-state index in [9.17, 15) is 8.42 Å². The first-order valence-electron chi connectivity index (χ1n) is 12.0. The number of hydrogen-bond donors (Lipinski definition) is 0. The molecule has 0 fully saturated rings. The van der Waals surface area contributed by atoms with Crippen LogP contribution in [0.5, 0.6) is 0 Å². The molecule has 5 aromatic rings. The molecule has 0 aliphatic heterocycles. The second-order valence-electron chi connectivity index (χ2n) is 8.51. The lowest BCUT2D eigenvalue weighted by Gasteiger charge is -2.35. The first-order valence-corrected chi connectivity index (χ1v) is 14.6. The molecule has 0 saturated carbocycles. The molecule has 1 aromatic heterocycles. The Morgan fingerprint density at radius 1 is 0.676 bits per heavy atom. The highest BCUT2D eigenvalue weighted by Crippen LogP contribution is 2.48. The molecule has 0 bridgehead atoms. The number of nitrogens with zero attached hydrogens (tertiary/aromatic N) is 4. The molecule has 0 radical (unpaired) electrons. The van der Waals surface area contributed by atoms with E-state index < -0.39 is 14.6 Å². The molecule has 8 heteroatoms. The highest BCUT2D eigenvalue weighted by atomic mass is 32.2. The van der Waals surface area contributed by atoms with Gasteiger partial charge in [-0.15, -0.1) is 11.8 Å². The molecular formula is C29H26N4O2S2. The van der Waals surface area contributed by atoms with Crippen molar-refractivity contribution in [3.63, 3.8) is 0 Å². The largest absolute Gasteiger partial charge is 0.272 e. The van der Waals surface area contributed by atoms with Gasteiger partial charge in [0.1, 0.15) is 0 Å². The number of rotatable bonds is 10. The summed E-state index contributed by atoms with van der Waals surface area (Å²) in [6, 6.07) is 40.2. The molecule has 0 aliphatic rings. The minimum Gasteiger partial charge on any atom is -0.220 e. The van der Waals surface area contributed by atoms with Crippen molar-refractivity contribution in [3.8, 4) is 5.69 Å². The van der Waals surface area contributed by atoms with Crippen LogP contribution in [0.2, 0.25) is 0 Å². The van der Waals surface area contributed by atoms with Crippen LogP contribution in [0.1, 0.15) is 23.1 Å². The van der Waals surface area contributed by atoms with Crippen molar-refractivity contribution in [1.29, 1.82) is 0 Å². The van der Waals surface area contributed by atoms with Crippen LogP contribution in [0.25, 0.3) is 5.69 Å². The van der Waals surface area contributed by atoms with Gasteiger partial charge in [0.15, 0.2) is 0 Å². The van der Waals surface area contributed by atoms with Gasteiger partial charge >= 0.3 is 0 Å². The summed E-state index contributed by atoms with van der Waals surface area (Å²) in [4.78, 5) is 0. The molecule has 5 rings (SSSR count). The second kappa shape index (κ2) is 11.1. The van der Waals surface area contributed by atoms with Crippen molar-refractivity contribution < 1.29 is 8.42 Å². The molecule has 0 saturated heterocycles. The van der Waals surface area contributed by atoms with Gasteiger partial charge in [0, 0.05) is 0 Å². The zero-order valence-corrected chi connectivity index (χ0v) is 21.7. The van der Waals surface area contributed by atoms with Crippen LogP contribution in [0.3, 0.4) is 0 Å². The van der Waals surface area contributed by atoms with Gasteiger partial charge in [0.25, 0.3) is 5.16 Å². The summed E-state index contributed by atoms with van der Waals surface area (Å²) >= 11 is 1.74. The van der Waals surface area contributed by atoms with Gasteiger partial charge in [-0.3, -0.25) is 0 Å². The molecule has 0 N–H and O–H groups in total. The van der Waals surface area contributed by atoms with Crippen LogP contribution in [0.15, 0.2) is 126 Å². The molecule has 1 heterocycles. The first kappa shape index (κ1) is 24.9. The van der Waals surface area contributed by atoms with E-state index in [1.807, 2.05) is 72.8 Å². The van der Waals surface area contributed by atoms with E-state index >= 15 is 0 Å². The van der Waals surface area contributed by atoms with Gasteiger partial charge in [0.05, 0.1) is 16.2 Å². The zero-order chi connectivity index (χ0) is 25.6. The molecule has 0 aliphatic carbocycles. The van der Waals surface area contributed by atoms with E-state index in [4.69, 9.17) is 0 Å². The summed E-state index contributed by atoms with van der Waals surface area (Å²) in [5, 5.41) is 11.2. The normalized spacial score (nSPS) is 11.9. The number of hydrogen-bond acceptors (Lipinski definition) is 6. The molecule has 6 nitrogen and oxygen atoms in total. The van der Waals surface area contributed by atoms with Crippen molar-refractivity contribution >= 4 is 21.6 Å². The number of tetrazole rings is 1. The topological polar surface area (TPSA) is 77.7 Å². The standard InChI is InChI=1S/C29H26N4O2S2/c34-37(35,28-30-31-32-33(28)27-20-11-4-12-21-27)23-13-22-36-29(24-14-5-1-6-15-24,25-16-7-2-8-17-25)26-18-9-3-10-19-26/h1-12,14-21H,13,22-23H2. The molecule has 4 aromatic carbocycles. The van der Waals surface area contributed by atoms with Crippen LogP contribution in [-0.4, -0.2) is 40.1 Å². The minimum atomic E-state index is -3.69. The maximum Gasteiger partial charge on any atom is 0.272 e. The van der Waals surface area contributed by atoms with Crippen LogP contribution in [-0.2, 0) is 14.6 Å². The highest BCUT2D eigenvalue weighted by Gasteiger charge is 2.37. The van der Waals surface area contributed by atoms with Crippen LogP contribution < -0.4 is 0 Å². The Labute approximate surface area is 221 Å². The van der Waals surface area contributed by atoms with E-state index in [1.54, 1.807) is 23.9 Å². The molecule has 186 valence electrons. The number of benzene rings is 4. The summed E-state index contributed by atoms with van der Waals surface area (Å²) < 4.78 is 27.3. The lowest BCUT2D eigenvalue weighted by Crippen LogP contribution is -2.26. The van der Waals surface area contributed by atoms with E-state index in [0.717, 1.165) is 16.7 Å². The summed E-state index contributed by atoms with van der Waals surface area (Å²) in [5.74, 6) is 0.562. The van der Waals surface area contributed by atoms with E-state index in [2.05, 4.69) is 51.9 Å². The van der Waals surface area contributed by atoms with Crippen molar-refractivity contribution in [1.82, 2.24) is 20.2 Å². The lowest BCUT2D eigenvalue weighted by molar-refractivity contribution is 0.579. The predicted octanol–water partition coefficient (Wildman–Crippen LogP) is 5.55. The minimum absolute atomic E-state index is 0.0539. The molecule has 0 atom stereocenters. The molecule has 0 spiro atoms. The Morgan fingerprint density at radius 2 is 1.14 bits per heavy atom. The Hall–Kier alpha value is -3.75. The summed E-state index contributed by atoms with van der Waals surface area (Å²) in [5.41, 5.74) is 4.05. The van der Waals surface area contributed by atoms with E-state index in [0.29, 0.717) is 17.9 Å². The highest BCUT2D eigenvalue weighted by molar-refractivity contribution is 8.00. The van der Waals surface area contributed by atoms with Gasteiger partial charge < -0.3 is 0 Å². The van der Waals surface area contributed by atoms with E-state index in [1.165, 1.54) is 4.68 Å². The number of para-hydroxylation sites is 1. The van der Waals surface area contributed by atoms with Gasteiger partial charge in [-0.2, -0.15) is 4.68 Å². The number of thioether (sulfide) groups is 1. The summed E-state index contributed by atoms with van der Waals surface area (Å²) in [6.07, 6.45) is 0.447. The first-order chi connectivity index (χ1) is 18.1. The summed E-state index contributed by atoms with van der Waals surface area (Å²) in [6.45, 7) is 0. The Morgan fingerprint density at radius 3 is 1.62 bits per heavy atom. The lowest BCUT2D eigenvalue weighted by atomic mass is 9.84. The third-order valence-corrected chi connectivity index (χ3v) is 9.41. The van der Waals surface area contributed by atoms with Gasteiger partial charge in [-0.05, 0) is 51.4 Å².